The smallest absolute Gasteiger partial charge is 0.134 e. The van der Waals surface area contributed by atoms with Crippen LogP contribution < -0.4 is 10.2 Å². The molecule has 1 aromatic carbocycles. The van der Waals surface area contributed by atoms with Crippen LogP contribution in [0.25, 0.3) is 0 Å². The SMILES string of the molecule is Cc1nc(N[C@H](CO)C(C)C)cc(N2CCc3cc(Cl)ccc3C2)n1. The van der Waals surface area contributed by atoms with Gasteiger partial charge in [-0.3, -0.25) is 0 Å². The molecular formula is C19H25ClN4O. The molecule has 25 heavy (non-hydrogen) atoms. The molecule has 0 amide bonds. The van der Waals surface area contributed by atoms with Gasteiger partial charge in [-0.05, 0) is 42.5 Å². The molecule has 0 aliphatic carbocycles. The van der Waals surface area contributed by atoms with Crippen LogP contribution in [0, 0.1) is 12.8 Å². The minimum absolute atomic E-state index is 0.0219. The molecule has 0 radical (unpaired) electrons. The third kappa shape index (κ3) is 4.22. The lowest BCUT2D eigenvalue weighted by atomic mass is 10.00. The van der Waals surface area contributed by atoms with Crippen molar-refractivity contribution in [1.29, 1.82) is 0 Å². The first-order valence-corrected chi connectivity index (χ1v) is 9.09. The monoisotopic (exact) mass is 360 g/mol. The van der Waals surface area contributed by atoms with Gasteiger partial charge in [-0.2, -0.15) is 0 Å². The number of aliphatic hydroxyl groups excluding tert-OH is 1. The van der Waals surface area contributed by atoms with E-state index in [1.807, 2.05) is 19.1 Å². The average molecular weight is 361 g/mol. The maximum atomic E-state index is 9.55. The number of hydrogen-bond donors (Lipinski definition) is 2. The van der Waals surface area contributed by atoms with Crippen LogP contribution in [-0.4, -0.2) is 34.3 Å². The molecule has 134 valence electrons. The first-order chi connectivity index (χ1) is 12.0. The van der Waals surface area contributed by atoms with E-state index in [0.717, 1.165) is 42.0 Å². The second kappa shape index (κ2) is 7.58. The maximum absolute atomic E-state index is 9.55. The van der Waals surface area contributed by atoms with Gasteiger partial charge in [0.25, 0.3) is 0 Å². The quantitative estimate of drug-likeness (QED) is 0.855. The van der Waals surface area contributed by atoms with Gasteiger partial charge in [0.2, 0.25) is 0 Å². The molecule has 0 spiro atoms. The molecule has 3 rings (SSSR count). The second-order valence-electron chi connectivity index (χ2n) is 6.92. The lowest BCUT2D eigenvalue weighted by Crippen LogP contribution is -2.32. The number of anilines is 2. The number of aryl methyl sites for hydroxylation is 1. The van der Waals surface area contributed by atoms with Gasteiger partial charge < -0.3 is 15.3 Å². The minimum Gasteiger partial charge on any atom is -0.394 e. The van der Waals surface area contributed by atoms with Gasteiger partial charge in [0, 0.05) is 24.2 Å². The maximum Gasteiger partial charge on any atom is 0.134 e. The Kier molecular flexibility index (Phi) is 5.45. The van der Waals surface area contributed by atoms with E-state index in [-0.39, 0.29) is 12.6 Å². The van der Waals surface area contributed by atoms with Crippen LogP contribution in [0.15, 0.2) is 24.3 Å². The van der Waals surface area contributed by atoms with Crippen molar-refractivity contribution in [3.05, 3.63) is 46.2 Å². The summed E-state index contributed by atoms with van der Waals surface area (Å²) in [4.78, 5) is 11.4. The van der Waals surface area contributed by atoms with Crippen LogP contribution in [0.1, 0.15) is 30.8 Å². The van der Waals surface area contributed by atoms with Crippen molar-refractivity contribution < 1.29 is 5.11 Å². The van der Waals surface area contributed by atoms with E-state index in [4.69, 9.17) is 11.6 Å². The average Bonchev–Trinajstić information content (AvgIpc) is 2.58. The molecule has 0 fully saturated rings. The Hall–Kier alpha value is -1.85. The lowest BCUT2D eigenvalue weighted by molar-refractivity contribution is 0.249. The number of hydrogen-bond acceptors (Lipinski definition) is 5. The lowest BCUT2D eigenvalue weighted by Gasteiger charge is -2.30. The molecule has 2 aromatic rings. The molecule has 0 bridgehead atoms. The number of rotatable bonds is 5. The molecule has 6 heteroatoms. The van der Waals surface area contributed by atoms with Crippen LogP contribution in [-0.2, 0) is 13.0 Å². The highest BCUT2D eigenvalue weighted by Gasteiger charge is 2.20. The van der Waals surface area contributed by atoms with Crippen LogP contribution in [0.5, 0.6) is 0 Å². The summed E-state index contributed by atoms with van der Waals surface area (Å²) in [7, 11) is 0. The number of aromatic nitrogens is 2. The highest BCUT2D eigenvalue weighted by atomic mass is 35.5. The van der Waals surface area contributed by atoms with E-state index < -0.39 is 0 Å². The van der Waals surface area contributed by atoms with Crippen molar-refractivity contribution >= 4 is 23.2 Å². The standard InChI is InChI=1S/C19H25ClN4O/c1-12(2)17(11-25)23-18-9-19(22-13(3)21-18)24-7-6-14-8-16(20)5-4-15(14)10-24/h4-5,8-9,12,17,25H,6-7,10-11H2,1-3H3,(H,21,22,23)/t17-/m1/s1. The van der Waals surface area contributed by atoms with Gasteiger partial charge in [-0.1, -0.05) is 31.5 Å². The van der Waals surface area contributed by atoms with Crippen LogP contribution in [0.2, 0.25) is 5.02 Å². The fourth-order valence-corrected chi connectivity index (χ4v) is 3.31. The number of halogens is 1. The third-order valence-corrected chi connectivity index (χ3v) is 4.90. The molecule has 0 saturated heterocycles. The molecule has 2 N–H and O–H groups in total. The topological polar surface area (TPSA) is 61.3 Å². The number of benzene rings is 1. The summed E-state index contributed by atoms with van der Waals surface area (Å²) in [6.07, 6.45) is 0.951. The summed E-state index contributed by atoms with van der Waals surface area (Å²) in [6, 6.07) is 8.04. The molecule has 1 aromatic heterocycles. The van der Waals surface area contributed by atoms with Crippen molar-refractivity contribution in [2.24, 2.45) is 5.92 Å². The van der Waals surface area contributed by atoms with Crippen molar-refractivity contribution in [1.82, 2.24) is 9.97 Å². The fraction of sp³-hybridized carbons (Fsp3) is 0.474. The molecule has 0 unspecified atom stereocenters. The van der Waals surface area contributed by atoms with Gasteiger partial charge in [0.05, 0.1) is 12.6 Å². The Balaban J connectivity index is 1.82. The summed E-state index contributed by atoms with van der Waals surface area (Å²) < 4.78 is 0. The third-order valence-electron chi connectivity index (χ3n) is 4.66. The predicted molar refractivity (Wildman–Crippen MR) is 102 cm³/mol. The first-order valence-electron chi connectivity index (χ1n) is 8.71. The van der Waals surface area contributed by atoms with E-state index >= 15 is 0 Å². The minimum atomic E-state index is -0.0219. The summed E-state index contributed by atoms with van der Waals surface area (Å²) in [6.45, 7) is 7.85. The van der Waals surface area contributed by atoms with Gasteiger partial charge in [0.15, 0.2) is 0 Å². The molecule has 2 heterocycles. The van der Waals surface area contributed by atoms with Crippen LogP contribution >= 0.6 is 11.6 Å². The molecule has 1 atom stereocenters. The summed E-state index contributed by atoms with van der Waals surface area (Å²) in [5.41, 5.74) is 2.60. The van der Waals surface area contributed by atoms with Crippen molar-refractivity contribution in [2.75, 3.05) is 23.4 Å². The normalized spacial score (nSPS) is 15.2. The highest BCUT2D eigenvalue weighted by Crippen LogP contribution is 2.27. The Morgan fingerprint density at radius 3 is 2.76 bits per heavy atom. The summed E-state index contributed by atoms with van der Waals surface area (Å²) in [5, 5.41) is 13.7. The zero-order valence-electron chi connectivity index (χ0n) is 15.0. The van der Waals surface area contributed by atoms with E-state index in [1.165, 1.54) is 11.1 Å². The molecule has 0 saturated carbocycles. The number of fused-ring (bicyclic) bond motifs is 1. The van der Waals surface area contributed by atoms with Crippen LogP contribution in [0.4, 0.5) is 11.6 Å². The van der Waals surface area contributed by atoms with Crippen molar-refractivity contribution in [3.63, 3.8) is 0 Å². The predicted octanol–water partition coefficient (Wildman–Crippen LogP) is 3.43. The van der Waals surface area contributed by atoms with Crippen LogP contribution in [0.3, 0.4) is 0 Å². The zero-order chi connectivity index (χ0) is 18.0. The Bertz CT molecular complexity index is 750. The van der Waals surface area contributed by atoms with E-state index in [9.17, 15) is 5.11 Å². The Morgan fingerprint density at radius 1 is 1.24 bits per heavy atom. The molecule has 1 aliphatic rings. The molecule has 1 aliphatic heterocycles. The van der Waals surface area contributed by atoms with E-state index in [2.05, 4.69) is 46.2 Å². The number of aliphatic hydroxyl groups is 1. The molecular weight excluding hydrogens is 336 g/mol. The van der Waals surface area contributed by atoms with Gasteiger partial charge in [-0.25, -0.2) is 9.97 Å². The number of nitrogens with one attached hydrogen (secondary N) is 1. The number of nitrogens with zero attached hydrogens (tertiary/aromatic N) is 3. The highest BCUT2D eigenvalue weighted by molar-refractivity contribution is 6.30. The Morgan fingerprint density at radius 2 is 2.04 bits per heavy atom. The second-order valence-corrected chi connectivity index (χ2v) is 7.36. The largest absolute Gasteiger partial charge is 0.394 e. The molecule has 5 nitrogen and oxygen atoms in total. The first kappa shape index (κ1) is 18.0. The van der Waals surface area contributed by atoms with Crippen molar-refractivity contribution in [2.45, 2.75) is 39.8 Å². The summed E-state index contributed by atoms with van der Waals surface area (Å²) >= 11 is 6.10. The van der Waals surface area contributed by atoms with Gasteiger partial charge >= 0.3 is 0 Å². The van der Waals surface area contributed by atoms with E-state index in [0.29, 0.717) is 5.92 Å². The fourth-order valence-electron chi connectivity index (χ4n) is 3.12. The zero-order valence-corrected chi connectivity index (χ0v) is 15.7. The van der Waals surface area contributed by atoms with Crippen molar-refractivity contribution in [3.8, 4) is 0 Å². The van der Waals surface area contributed by atoms with Gasteiger partial charge in [-0.15, -0.1) is 0 Å². The van der Waals surface area contributed by atoms with E-state index in [1.54, 1.807) is 0 Å². The van der Waals surface area contributed by atoms with Gasteiger partial charge in [0.1, 0.15) is 17.5 Å². The Labute approximate surface area is 154 Å². The summed E-state index contributed by atoms with van der Waals surface area (Å²) in [5.74, 6) is 2.71.